The first-order valence-corrected chi connectivity index (χ1v) is 11.4. The maximum absolute atomic E-state index is 13.3. The summed E-state index contributed by atoms with van der Waals surface area (Å²) in [6.45, 7) is 3.86. The van der Waals surface area contributed by atoms with Gasteiger partial charge in [0.1, 0.15) is 11.4 Å². The van der Waals surface area contributed by atoms with Gasteiger partial charge < -0.3 is 15.2 Å². The second-order valence-electron chi connectivity index (χ2n) is 8.86. The molecule has 0 spiro atoms. The number of nitrogens with one attached hydrogen (secondary N) is 1. The van der Waals surface area contributed by atoms with Gasteiger partial charge in [0.2, 0.25) is 5.91 Å². The number of ether oxygens (including phenoxy) is 1. The Morgan fingerprint density at radius 1 is 1.21 bits per heavy atom. The van der Waals surface area contributed by atoms with E-state index in [-0.39, 0.29) is 11.7 Å². The third-order valence-corrected chi connectivity index (χ3v) is 6.78. The molecule has 1 unspecified atom stereocenters. The largest absolute Gasteiger partial charge is 0.486 e. The molecule has 1 heterocycles. The van der Waals surface area contributed by atoms with Crippen LogP contribution in [0.4, 0.5) is 18.9 Å². The van der Waals surface area contributed by atoms with E-state index in [1.165, 1.54) is 12.1 Å². The van der Waals surface area contributed by atoms with Crippen molar-refractivity contribution in [2.75, 3.05) is 5.32 Å². The van der Waals surface area contributed by atoms with Crippen LogP contribution in [0.5, 0.6) is 5.75 Å². The lowest BCUT2D eigenvalue weighted by molar-refractivity contribution is -0.137. The highest BCUT2D eigenvalue weighted by atomic mass is 19.4. The molecule has 0 bridgehead atoms. The van der Waals surface area contributed by atoms with E-state index in [0.29, 0.717) is 42.5 Å². The van der Waals surface area contributed by atoms with Crippen molar-refractivity contribution in [3.63, 3.8) is 0 Å². The van der Waals surface area contributed by atoms with Crippen molar-refractivity contribution in [2.45, 2.75) is 70.3 Å². The van der Waals surface area contributed by atoms with Crippen LogP contribution in [0.2, 0.25) is 0 Å². The van der Waals surface area contributed by atoms with Crippen molar-refractivity contribution < 1.29 is 27.8 Å². The zero-order valence-corrected chi connectivity index (χ0v) is 18.8. The van der Waals surface area contributed by atoms with Gasteiger partial charge in [-0.05, 0) is 73.1 Å². The summed E-state index contributed by atoms with van der Waals surface area (Å²) in [6, 6.07) is 8.94. The molecule has 176 valence electrons. The number of halogens is 3. The van der Waals surface area contributed by atoms with Crippen LogP contribution in [-0.2, 0) is 17.4 Å². The first kappa shape index (κ1) is 23.4. The molecule has 1 atom stereocenters. The smallest absolute Gasteiger partial charge is 0.416 e. The Kier molecular flexibility index (Phi) is 6.27. The molecular weight excluding hydrogens is 431 g/mol. The summed E-state index contributed by atoms with van der Waals surface area (Å²) in [5.41, 5.74) is 2.19. The molecule has 2 aromatic rings. The van der Waals surface area contributed by atoms with Gasteiger partial charge in [-0.25, -0.2) is 0 Å². The quantitative estimate of drug-likeness (QED) is 0.518. The number of aryl methyl sites for hydroxylation is 1. The van der Waals surface area contributed by atoms with E-state index in [9.17, 15) is 23.1 Å². The normalized spacial score (nSPS) is 20.5. The third-order valence-electron chi connectivity index (χ3n) is 6.78. The minimum absolute atomic E-state index is 0.149. The van der Waals surface area contributed by atoms with Gasteiger partial charge in [0, 0.05) is 23.7 Å². The van der Waals surface area contributed by atoms with E-state index >= 15 is 0 Å². The highest BCUT2D eigenvalue weighted by Crippen LogP contribution is 2.45. The maximum atomic E-state index is 13.3. The number of aliphatic hydroxyl groups excluding tert-OH is 1. The number of amides is 1. The molecule has 7 heteroatoms. The zero-order valence-electron chi connectivity index (χ0n) is 18.8. The number of anilines is 1. The molecular formula is C26H28F3NO3. The molecule has 1 amide bonds. The first-order chi connectivity index (χ1) is 15.6. The van der Waals surface area contributed by atoms with E-state index in [1.807, 2.05) is 26.0 Å². The molecule has 2 N–H and O–H groups in total. The van der Waals surface area contributed by atoms with Crippen molar-refractivity contribution in [2.24, 2.45) is 0 Å². The molecule has 2 aromatic carbocycles. The minimum Gasteiger partial charge on any atom is -0.486 e. The topological polar surface area (TPSA) is 58.6 Å². The second kappa shape index (κ2) is 8.86. The summed E-state index contributed by atoms with van der Waals surface area (Å²) in [5.74, 6) is -0.222. The van der Waals surface area contributed by atoms with E-state index in [2.05, 4.69) is 5.32 Å². The summed E-state index contributed by atoms with van der Waals surface area (Å²) in [6.07, 6.45) is 0.582. The number of carbonyl (C=O) groups excluding carboxylic acids is 1. The molecule has 1 aliphatic carbocycles. The molecule has 0 aromatic heterocycles. The summed E-state index contributed by atoms with van der Waals surface area (Å²) in [4.78, 5) is 12.9. The number of alkyl halides is 3. The number of hydrogen-bond donors (Lipinski definition) is 2. The SMILES string of the molecule is CCC1(CC)C/C(=C\C(=O)Nc2ccc3c(c2)C(O)CCC3)c2ccc(C(F)(F)F)cc2O1. The lowest BCUT2D eigenvalue weighted by Gasteiger charge is -2.39. The van der Waals surface area contributed by atoms with Crippen LogP contribution in [0.25, 0.3) is 5.57 Å². The van der Waals surface area contributed by atoms with Gasteiger partial charge in [0.15, 0.2) is 0 Å². The molecule has 0 fully saturated rings. The van der Waals surface area contributed by atoms with Crippen LogP contribution in [0.15, 0.2) is 42.5 Å². The number of carbonyl (C=O) groups is 1. The fraction of sp³-hybridized carbons (Fsp3) is 0.423. The molecule has 0 radical (unpaired) electrons. The number of aliphatic hydroxyl groups is 1. The van der Waals surface area contributed by atoms with Crippen molar-refractivity contribution in [3.8, 4) is 5.75 Å². The zero-order chi connectivity index (χ0) is 23.8. The van der Waals surface area contributed by atoms with Crippen molar-refractivity contribution in [3.05, 3.63) is 64.7 Å². The predicted molar refractivity (Wildman–Crippen MR) is 121 cm³/mol. The summed E-state index contributed by atoms with van der Waals surface area (Å²) >= 11 is 0. The number of benzene rings is 2. The van der Waals surface area contributed by atoms with Gasteiger partial charge in [-0.2, -0.15) is 13.2 Å². The maximum Gasteiger partial charge on any atom is 0.416 e. The average molecular weight is 460 g/mol. The Bertz CT molecular complexity index is 1090. The lowest BCUT2D eigenvalue weighted by Crippen LogP contribution is -2.38. The average Bonchev–Trinajstić information content (AvgIpc) is 2.78. The van der Waals surface area contributed by atoms with Gasteiger partial charge in [-0.3, -0.25) is 4.79 Å². The molecule has 2 aliphatic rings. The second-order valence-corrected chi connectivity index (χ2v) is 8.86. The lowest BCUT2D eigenvalue weighted by atomic mass is 9.82. The molecule has 1 aliphatic heterocycles. The third kappa shape index (κ3) is 4.78. The van der Waals surface area contributed by atoms with E-state index < -0.39 is 23.4 Å². The van der Waals surface area contributed by atoms with Crippen LogP contribution in [0, 0.1) is 0 Å². The van der Waals surface area contributed by atoms with Crippen molar-refractivity contribution in [1.29, 1.82) is 0 Å². The summed E-state index contributed by atoms with van der Waals surface area (Å²) < 4.78 is 45.8. The van der Waals surface area contributed by atoms with Crippen molar-refractivity contribution >= 4 is 17.2 Å². The first-order valence-electron chi connectivity index (χ1n) is 11.4. The Morgan fingerprint density at radius 2 is 1.97 bits per heavy atom. The van der Waals surface area contributed by atoms with E-state index in [0.717, 1.165) is 36.1 Å². The van der Waals surface area contributed by atoms with Gasteiger partial charge in [0.05, 0.1) is 11.7 Å². The van der Waals surface area contributed by atoms with Gasteiger partial charge in [-0.15, -0.1) is 0 Å². The molecule has 4 nitrogen and oxygen atoms in total. The number of rotatable bonds is 4. The van der Waals surface area contributed by atoms with Crippen molar-refractivity contribution in [1.82, 2.24) is 0 Å². The monoisotopic (exact) mass is 459 g/mol. The molecule has 4 rings (SSSR count). The minimum atomic E-state index is -4.48. The van der Waals surface area contributed by atoms with E-state index in [4.69, 9.17) is 4.74 Å². The predicted octanol–water partition coefficient (Wildman–Crippen LogP) is 6.44. The van der Waals surface area contributed by atoms with Gasteiger partial charge >= 0.3 is 6.18 Å². The van der Waals surface area contributed by atoms with Crippen LogP contribution < -0.4 is 10.1 Å². The standard InChI is InChI=1S/C26H28F3NO3/c1-3-25(4-2)15-17(20-11-9-18(26(27,28)29)13-23(20)33-25)12-24(32)30-19-10-8-16-6-5-7-22(31)21(16)14-19/h8-14,22,31H,3-7,15H2,1-2H3,(H,30,32)/b17-12+. The fourth-order valence-electron chi connectivity index (χ4n) is 4.72. The molecule has 0 saturated heterocycles. The Morgan fingerprint density at radius 3 is 2.67 bits per heavy atom. The number of fused-ring (bicyclic) bond motifs is 2. The summed E-state index contributed by atoms with van der Waals surface area (Å²) in [5, 5.41) is 13.1. The van der Waals surface area contributed by atoms with Crippen LogP contribution in [-0.4, -0.2) is 16.6 Å². The van der Waals surface area contributed by atoms with Crippen LogP contribution in [0.3, 0.4) is 0 Å². The van der Waals surface area contributed by atoms with E-state index in [1.54, 1.807) is 6.07 Å². The Hall–Kier alpha value is -2.80. The van der Waals surface area contributed by atoms with Gasteiger partial charge in [0.25, 0.3) is 0 Å². The van der Waals surface area contributed by atoms with Gasteiger partial charge in [-0.1, -0.05) is 26.0 Å². The highest BCUT2D eigenvalue weighted by Gasteiger charge is 2.38. The van der Waals surface area contributed by atoms with Crippen LogP contribution >= 0.6 is 0 Å². The molecule has 0 saturated carbocycles. The highest BCUT2D eigenvalue weighted by molar-refractivity contribution is 6.04. The Labute approximate surface area is 191 Å². The number of hydrogen-bond acceptors (Lipinski definition) is 3. The van der Waals surface area contributed by atoms with Crippen LogP contribution in [0.1, 0.15) is 74.3 Å². The molecule has 33 heavy (non-hydrogen) atoms. The fourth-order valence-corrected chi connectivity index (χ4v) is 4.72. The Balaban J connectivity index is 1.65. The summed E-state index contributed by atoms with van der Waals surface area (Å²) in [7, 11) is 0.